The molecule has 170 valence electrons. The van der Waals surface area contributed by atoms with Crippen LogP contribution in [0, 0.1) is 11.8 Å². The molecular weight excluding hydrogens is 368 g/mol. The average molecular weight is 413 g/mol. The van der Waals surface area contributed by atoms with Gasteiger partial charge in [0, 0.05) is 6.42 Å². The van der Waals surface area contributed by atoms with E-state index in [4.69, 9.17) is 5.73 Å². The zero-order valence-corrected chi connectivity index (χ0v) is 19.3. The fourth-order valence-corrected chi connectivity index (χ4v) is 3.53. The number of carboxylic acids is 1. The topological polar surface area (TPSA) is 101 Å². The Hall–Kier alpha value is -1.43. The minimum Gasteiger partial charge on any atom is -0.480 e. The molecule has 0 aromatic rings. The van der Waals surface area contributed by atoms with Crippen LogP contribution in [0.5, 0.6) is 0 Å². The fraction of sp³-hybridized carbons (Fsp3) is 0.870. The Kier molecular flexibility index (Phi) is 14.7. The molecule has 0 aliphatic carbocycles. The number of nitrogens with two attached hydrogens (primary N) is 1. The summed E-state index contributed by atoms with van der Waals surface area (Å²) in [5, 5.41) is 9.68. The van der Waals surface area contributed by atoms with E-state index in [0.717, 1.165) is 24.2 Å². The summed E-state index contributed by atoms with van der Waals surface area (Å²) in [5.74, 6) is -1.88. The fourth-order valence-electron chi connectivity index (χ4n) is 3.53. The third-order valence-corrected chi connectivity index (χ3v) is 5.08. The molecular formula is C23H44N2O4. The lowest BCUT2D eigenvalue weighted by atomic mass is 9.98. The van der Waals surface area contributed by atoms with E-state index in [1.54, 1.807) is 0 Å². The maximum atomic E-state index is 12.9. The second kappa shape index (κ2) is 15.4. The summed E-state index contributed by atoms with van der Waals surface area (Å²) >= 11 is 0. The van der Waals surface area contributed by atoms with Crippen molar-refractivity contribution in [3.63, 3.8) is 0 Å². The van der Waals surface area contributed by atoms with Gasteiger partial charge in [0.2, 0.25) is 11.8 Å². The Labute approximate surface area is 177 Å². The van der Waals surface area contributed by atoms with Crippen molar-refractivity contribution < 1.29 is 19.5 Å². The summed E-state index contributed by atoms with van der Waals surface area (Å²) in [4.78, 5) is 38.6. The first-order valence-electron chi connectivity index (χ1n) is 11.5. The summed E-state index contributed by atoms with van der Waals surface area (Å²) in [7, 11) is 0. The minimum absolute atomic E-state index is 0.0450. The van der Waals surface area contributed by atoms with E-state index < -0.39 is 29.9 Å². The Balaban J connectivity index is 4.96. The number of rotatable bonds is 16. The van der Waals surface area contributed by atoms with Crippen molar-refractivity contribution in [2.75, 3.05) is 0 Å². The second-order valence-electron chi connectivity index (χ2n) is 9.05. The van der Waals surface area contributed by atoms with Crippen molar-refractivity contribution in [2.24, 2.45) is 17.6 Å². The van der Waals surface area contributed by atoms with Crippen molar-refractivity contribution in [3.05, 3.63) is 0 Å². The summed E-state index contributed by atoms with van der Waals surface area (Å²) in [6.07, 6.45) is 9.60. The summed E-state index contributed by atoms with van der Waals surface area (Å²) in [5.41, 5.74) is 6.02. The van der Waals surface area contributed by atoms with Gasteiger partial charge in [-0.15, -0.1) is 0 Å². The smallest absolute Gasteiger partial charge is 0.326 e. The lowest BCUT2D eigenvalue weighted by Crippen LogP contribution is -2.54. The highest BCUT2D eigenvalue weighted by atomic mass is 16.4. The van der Waals surface area contributed by atoms with Gasteiger partial charge in [0.05, 0.1) is 6.04 Å². The molecule has 3 N–H and O–H groups in total. The predicted molar refractivity (Wildman–Crippen MR) is 117 cm³/mol. The van der Waals surface area contributed by atoms with Gasteiger partial charge in [-0.1, -0.05) is 79.6 Å². The van der Waals surface area contributed by atoms with Crippen molar-refractivity contribution in [1.29, 1.82) is 0 Å². The normalized spacial score (nSPS) is 13.5. The largest absolute Gasteiger partial charge is 0.480 e. The van der Waals surface area contributed by atoms with E-state index in [9.17, 15) is 19.5 Å². The van der Waals surface area contributed by atoms with Crippen LogP contribution in [-0.2, 0) is 14.4 Å². The molecule has 0 aromatic heterocycles. The standard InChI is InChI=1S/C23H44N2O4/c1-6-7-8-9-10-11-12-13-14-21(26)25(20(23(28)29)16-18(4)5)22(27)19(24)15-17(2)3/h17-20H,6-16,24H2,1-5H3,(H,28,29)/t19-,20-/m0/s1. The molecule has 0 spiro atoms. The first-order chi connectivity index (χ1) is 13.6. The number of imide groups is 1. The summed E-state index contributed by atoms with van der Waals surface area (Å²) in [6.45, 7) is 9.85. The van der Waals surface area contributed by atoms with Crippen LogP contribution in [0.4, 0.5) is 0 Å². The Morgan fingerprint density at radius 1 is 0.828 bits per heavy atom. The van der Waals surface area contributed by atoms with Crippen LogP contribution in [0.25, 0.3) is 0 Å². The Morgan fingerprint density at radius 2 is 1.31 bits per heavy atom. The lowest BCUT2D eigenvalue weighted by Gasteiger charge is -2.31. The third kappa shape index (κ3) is 12.0. The van der Waals surface area contributed by atoms with Gasteiger partial charge in [-0.05, 0) is 31.1 Å². The van der Waals surface area contributed by atoms with Crippen LogP contribution >= 0.6 is 0 Å². The molecule has 29 heavy (non-hydrogen) atoms. The van der Waals surface area contributed by atoms with Gasteiger partial charge in [0.25, 0.3) is 0 Å². The molecule has 0 heterocycles. The van der Waals surface area contributed by atoms with Crippen LogP contribution in [0.3, 0.4) is 0 Å². The van der Waals surface area contributed by atoms with E-state index in [1.807, 2.05) is 27.7 Å². The molecule has 0 radical (unpaired) electrons. The van der Waals surface area contributed by atoms with Crippen LogP contribution in [-0.4, -0.2) is 39.9 Å². The monoisotopic (exact) mass is 412 g/mol. The van der Waals surface area contributed by atoms with Crippen molar-refractivity contribution in [3.8, 4) is 0 Å². The van der Waals surface area contributed by atoms with Crippen molar-refractivity contribution in [2.45, 2.75) is 117 Å². The van der Waals surface area contributed by atoms with Gasteiger partial charge in [0.15, 0.2) is 0 Å². The first-order valence-corrected chi connectivity index (χ1v) is 11.5. The summed E-state index contributed by atoms with van der Waals surface area (Å²) < 4.78 is 0. The third-order valence-electron chi connectivity index (χ3n) is 5.08. The molecule has 0 bridgehead atoms. The molecule has 0 aliphatic rings. The van der Waals surface area contributed by atoms with Crippen LogP contribution in [0.1, 0.15) is 105 Å². The number of amides is 2. The Bertz CT molecular complexity index is 491. The van der Waals surface area contributed by atoms with Crippen LogP contribution in [0.2, 0.25) is 0 Å². The molecule has 6 heteroatoms. The van der Waals surface area contributed by atoms with Gasteiger partial charge in [-0.25, -0.2) is 4.79 Å². The minimum atomic E-state index is -1.15. The van der Waals surface area contributed by atoms with E-state index in [0.29, 0.717) is 12.8 Å². The highest BCUT2D eigenvalue weighted by Crippen LogP contribution is 2.18. The van der Waals surface area contributed by atoms with Gasteiger partial charge in [-0.3, -0.25) is 14.5 Å². The molecule has 0 aromatic carbocycles. The number of unbranched alkanes of at least 4 members (excludes halogenated alkanes) is 7. The van der Waals surface area contributed by atoms with Gasteiger partial charge < -0.3 is 10.8 Å². The molecule has 2 amide bonds. The number of hydrogen-bond donors (Lipinski definition) is 2. The van der Waals surface area contributed by atoms with Gasteiger partial charge in [-0.2, -0.15) is 0 Å². The number of nitrogens with zero attached hydrogens (tertiary/aromatic N) is 1. The number of carbonyl (C=O) groups is 3. The second-order valence-corrected chi connectivity index (χ2v) is 9.05. The Morgan fingerprint density at radius 3 is 1.76 bits per heavy atom. The molecule has 0 fully saturated rings. The van der Waals surface area contributed by atoms with Crippen molar-refractivity contribution in [1.82, 2.24) is 4.90 Å². The van der Waals surface area contributed by atoms with E-state index in [1.165, 1.54) is 25.7 Å². The van der Waals surface area contributed by atoms with E-state index in [-0.39, 0.29) is 24.7 Å². The van der Waals surface area contributed by atoms with Crippen LogP contribution in [0.15, 0.2) is 0 Å². The molecule has 6 nitrogen and oxygen atoms in total. The van der Waals surface area contributed by atoms with Crippen molar-refractivity contribution >= 4 is 17.8 Å². The number of carboxylic acid groups (broad SMARTS) is 1. The first kappa shape index (κ1) is 27.6. The summed E-state index contributed by atoms with van der Waals surface area (Å²) in [6, 6.07) is -2.01. The predicted octanol–water partition coefficient (Wildman–Crippen LogP) is 4.75. The molecule has 0 saturated heterocycles. The van der Waals surface area contributed by atoms with Gasteiger partial charge >= 0.3 is 5.97 Å². The van der Waals surface area contributed by atoms with E-state index in [2.05, 4.69) is 6.92 Å². The van der Waals surface area contributed by atoms with E-state index >= 15 is 0 Å². The average Bonchev–Trinajstić information content (AvgIpc) is 2.62. The highest BCUT2D eigenvalue weighted by Gasteiger charge is 2.37. The zero-order chi connectivity index (χ0) is 22.4. The SMILES string of the molecule is CCCCCCCCCCC(=O)N(C(=O)[C@@H](N)CC(C)C)[C@@H](CC(C)C)C(=O)O. The maximum Gasteiger partial charge on any atom is 0.326 e. The number of carbonyl (C=O) groups excluding carboxylic acids is 2. The number of hydrogen-bond acceptors (Lipinski definition) is 4. The molecule has 0 aliphatic heterocycles. The lowest BCUT2D eigenvalue weighted by molar-refractivity contribution is -0.159. The molecule has 0 unspecified atom stereocenters. The zero-order valence-electron chi connectivity index (χ0n) is 19.3. The van der Waals surface area contributed by atoms with Gasteiger partial charge in [0.1, 0.15) is 6.04 Å². The molecule has 0 rings (SSSR count). The number of aliphatic carboxylic acids is 1. The molecule has 2 atom stereocenters. The quantitative estimate of drug-likeness (QED) is 0.356. The van der Waals surface area contributed by atoms with Crippen LogP contribution < -0.4 is 5.73 Å². The maximum absolute atomic E-state index is 12.9. The molecule has 0 saturated carbocycles. The highest BCUT2D eigenvalue weighted by molar-refractivity contribution is 6.01.